The van der Waals surface area contributed by atoms with Crippen LogP contribution in [0.4, 0.5) is 4.39 Å². The van der Waals surface area contributed by atoms with E-state index >= 15 is 0 Å². The quantitative estimate of drug-likeness (QED) is 0.616. The standard InChI is InChI=1S/C23H25FN4O3/c1-3-31-26-22(29)17-6-4-15(2)21(11-17)28-14-25-20-7-5-16(10-19(20)23(28)30)12-27-9-8-18(24)13-27/h4-7,10-11,14,18H,3,8-9,12-13H2,1-2H3,(H,26,29)/t18-/m1/s1. The summed E-state index contributed by atoms with van der Waals surface area (Å²) in [4.78, 5) is 37.0. The molecule has 0 bridgehead atoms. The summed E-state index contributed by atoms with van der Waals surface area (Å²) >= 11 is 0. The lowest BCUT2D eigenvalue weighted by Crippen LogP contribution is -2.25. The number of aryl methyl sites for hydroxylation is 1. The van der Waals surface area contributed by atoms with Crippen LogP contribution in [0.3, 0.4) is 0 Å². The Morgan fingerprint density at radius 3 is 2.87 bits per heavy atom. The van der Waals surface area contributed by atoms with Gasteiger partial charge in [-0.3, -0.25) is 23.9 Å². The molecule has 162 valence electrons. The molecule has 7 nitrogen and oxygen atoms in total. The largest absolute Gasteiger partial charge is 0.296 e. The molecule has 0 aliphatic carbocycles. The predicted octanol–water partition coefficient (Wildman–Crippen LogP) is 2.92. The highest BCUT2D eigenvalue weighted by atomic mass is 19.1. The molecule has 1 saturated heterocycles. The van der Waals surface area contributed by atoms with Crippen molar-refractivity contribution in [3.05, 3.63) is 69.8 Å². The van der Waals surface area contributed by atoms with Gasteiger partial charge in [0.25, 0.3) is 11.5 Å². The van der Waals surface area contributed by atoms with E-state index in [9.17, 15) is 14.0 Å². The lowest BCUT2D eigenvalue weighted by atomic mass is 10.1. The van der Waals surface area contributed by atoms with E-state index in [1.165, 1.54) is 10.9 Å². The maximum Gasteiger partial charge on any atom is 0.274 e. The maximum atomic E-state index is 13.5. The van der Waals surface area contributed by atoms with Crippen molar-refractivity contribution in [2.24, 2.45) is 0 Å². The van der Waals surface area contributed by atoms with Crippen LogP contribution in [0.2, 0.25) is 0 Å². The summed E-state index contributed by atoms with van der Waals surface area (Å²) in [6.45, 7) is 5.72. The normalized spacial score (nSPS) is 16.7. The van der Waals surface area contributed by atoms with Crippen molar-refractivity contribution in [2.45, 2.75) is 33.0 Å². The zero-order valence-corrected chi connectivity index (χ0v) is 17.6. The molecule has 8 heteroatoms. The highest BCUT2D eigenvalue weighted by molar-refractivity contribution is 5.94. The minimum atomic E-state index is -0.783. The van der Waals surface area contributed by atoms with Gasteiger partial charge in [-0.2, -0.15) is 0 Å². The lowest BCUT2D eigenvalue weighted by Gasteiger charge is -2.15. The molecule has 1 aromatic heterocycles. The Balaban J connectivity index is 1.70. The summed E-state index contributed by atoms with van der Waals surface area (Å²) in [5.74, 6) is -0.385. The first-order valence-corrected chi connectivity index (χ1v) is 10.4. The molecule has 2 heterocycles. The van der Waals surface area contributed by atoms with Gasteiger partial charge in [0.1, 0.15) is 12.5 Å². The molecule has 4 rings (SSSR count). The van der Waals surface area contributed by atoms with Gasteiger partial charge >= 0.3 is 0 Å². The molecule has 1 aliphatic rings. The summed E-state index contributed by atoms with van der Waals surface area (Å²) in [5.41, 5.74) is 5.47. The molecule has 0 saturated carbocycles. The number of alkyl halides is 1. The van der Waals surface area contributed by atoms with Crippen molar-refractivity contribution in [1.82, 2.24) is 19.9 Å². The molecule has 2 aromatic carbocycles. The third kappa shape index (κ3) is 4.50. The lowest BCUT2D eigenvalue weighted by molar-refractivity contribution is 0.0364. The van der Waals surface area contributed by atoms with Gasteiger partial charge in [-0.05, 0) is 55.7 Å². The second-order valence-corrected chi connectivity index (χ2v) is 7.76. The van der Waals surface area contributed by atoms with Crippen LogP contribution in [0.5, 0.6) is 0 Å². The number of hydrogen-bond acceptors (Lipinski definition) is 5. The molecule has 1 N–H and O–H groups in total. The van der Waals surface area contributed by atoms with E-state index in [2.05, 4.69) is 10.5 Å². The van der Waals surface area contributed by atoms with Crippen molar-refractivity contribution in [1.29, 1.82) is 0 Å². The van der Waals surface area contributed by atoms with Crippen LogP contribution < -0.4 is 11.0 Å². The number of carbonyl (C=O) groups is 1. The van der Waals surface area contributed by atoms with Crippen LogP contribution >= 0.6 is 0 Å². The van der Waals surface area contributed by atoms with E-state index in [1.807, 2.05) is 30.0 Å². The summed E-state index contributed by atoms with van der Waals surface area (Å²) in [6.07, 6.45) is 1.24. The Morgan fingerprint density at radius 1 is 1.29 bits per heavy atom. The number of nitrogens with zero attached hydrogens (tertiary/aromatic N) is 3. The molecule has 1 fully saturated rings. The minimum absolute atomic E-state index is 0.220. The van der Waals surface area contributed by atoms with Gasteiger partial charge in [-0.1, -0.05) is 12.1 Å². The number of fused-ring (bicyclic) bond motifs is 1. The highest BCUT2D eigenvalue weighted by Crippen LogP contribution is 2.19. The molecule has 1 atom stereocenters. The third-order valence-corrected chi connectivity index (χ3v) is 5.48. The van der Waals surface area contributed by atoms with Crippen molar-refractivity contribution in [3.8, 4) is 5.69 Å². The first-order valence-electron chi connectivity index (χ1n) is 10.4. The van der Waals surface area contributed by atoms with Crippen LogP contribution in [0.1, 0.15) is 34.8 Å². The molecule has 1 amide bonds. The monoisotopic (exact) mass is 424 g/mol. The fourth-order valence-corrected chi connectivity index (χ4v) is 3.83. The molecule has 0 unspecified atom stereocenters. The number of hydrogen-bond donors (Lipinski definition) is 1. The van der Waals surface area contributed by atoms with E-state index in [0.717, 1.165) is 11.1 Å². The van der Waals surface area contributed by atoms with Crippen LogP contribution in [-0.4, -0.2) is 46.2 Å². The second kappa shape index (κ2) is 8.95. The fraction of sp³-hybridized carbons (Fsp3) is 0.348. The summed E-state index contributed by atoms with van der Waals surface area (Å²) in [6, 6.07) is 10.7. The van der Waals surface area contributed by atoms with Crippen molar-refractivity contribution in [3.63, 3.8) is 0 Å². The Kier molecular flexibility index (Phi) is 6.11. The number of benzene rings is 2. The van der Waals surface area contributed by atoms with E-state index < -0.39 is 6.17 Å². The van der Waals surface area contributed by atoms with E-state index in [-0.39, 0.29) is 11.5 Å². The Bertz CT molecular complexity index is 1180. The first kappa shape index (κ1) is 21.1. The van der Waals surface area contributed by atoms with Gasteiger partial charge in [0, 0.05) is 25.2 Å². The van der Waals surface area contributed by atoms with Gasteiger partial charge in [-0.15, -0.1) is 0 Å². The van der Waals surface area contributed by atoms with Crippen molar-refractivity contribution < 1.29 is 14.0 Å². The zero-order valence-electron chi connectivity index (χ0n) is 17.6. The number of nitrogens with one attached hydrogen (secondary N) is 1. The number of carbonyl (C=O) groups excluding carboxylic acids is 1. The molecule has 0 radical (unpaired) electrons. The summed E-state index contributed by atoms with van der Waals surface area (Å²) < 4.78 is 14.9. The topological polar surface area (TPSA) is 76.5 Å². The average Bonchev–Trinajstić information content (AvgIpc) is 3.18. The predicted molar refractivity (Wildman–Crippen MR) is 116 cm³/mol. The van der Waals surface area contributed by atoms with E-state index in [4.69, 9.17) is 4.84 Å². The van der Waals surface area contributed by atoms with Crippen molar-refractivity contribution in [2.75, 3.05) is 19.7 Å². The molecule has 0 spiro atoms. The number of hydroxylamine groups is 1. The van der Waals surface area contributed by atoms with Crippen LogP contribution in [0, 0.1) is 6.92 Å². The number of aromatic nitrogens is 2. The molecule has 3 aromatic rings. The number of rotatable bonds is 6. The SMILES string of the molecule is CCONC(=O)c1ccc(C)c(-n2cnc3ccc(CN4CC[C@@H](F)C4)cc3c2=O)c1. The maximum absolute atomic E-state index is 13.5. The van der Waals surface area contributed by atoms with Crippen LogP contribution in [0.25, 0.3) is 16.6 Å². The number of amides is 1. The van der Waals surface area contributed by atoms with E-state index in [1.54, 1.807) is 25.1 Å². The zero-order chi connectivity index (χ0) is 22.0. The van der Waals surface area contributed by atoms with Gasteiger partial charge in [-0.25, -0.2) is 14.9 Å². The smallest absolute Gasteiger partial charge is 0.274 e. The van der Waals surface area contributed by atoms with Gasteiger partial charge in [0.15, 0.2) is 0 Å². The summed E-state index contributed by atoms with van der Waals surface area (Å²) in [5, 5.41) is 0.486. The molecule has 1 aliphatic heterocycles. The highest BCUT2D eigenvalue weighted by Gasteiger charge is 2.21. The Morgan fingerprint density at radius 2 is 2.13 bits per heavy atom. The molecular formula is C23H25FN4O3. The minimum Gasteiger partial charge on any atom is -0.296 e. The molecule has 31 heavy (non-hydrogen) atoms. The number of halogens is 1. The first-order chi connectivity index (χ1) is 15.0. The summed E-state index contributed by atoms with van der Waals surface area (Å²) in [7, 11) is 0. The van der Waals surface area contributed by atoms with Gasteiger partial charge in [0.2, 0.25) is 0 Å². The Labute approximate surface area is 179 Å². The third-order valence-electron chi connectivity index (χ3n) is 5.48. The van der Waals surface area contributed by atoms with Gasteiger partial charge in [0.05, 0.1) is 23.2 Å². The Hall–Kier alpha value is -3.10. The fourth-order valence-electron chi connectivity index (χ4n) is 3.83. The van der Waals surface area contributed by atoms with Crippen molar-refractivity contribution >= 4 is 16.8 Å². The average molecular weight is 424 g/mol. The second-order valence-electron chi connectivity index (χ2n) is 7.76. The van der Waals surface area contributed by atoms with E-state index in [0.29, 0.717) is 54.8 Å². The van der Waals surface area contributed by atoms with Gasteiger partial charge < -0.3 is 0 Å². The number of likely N-dealkylation sites (tertiary alicyclic amines) is 1. The van der Waals surface area contributed by atoms with Crippen LogP contribution in [0.15, 0.2) is 47.5 Å². The molecular weight excluding hydrogens is 399 g/mol. The van der Waals surface area contributed by atoms with Crippen LogP contribution in [-0.2, 0) is 11.4 Å².